The Kier molecular flexibility index (Phi) is 5.51. The molecule has 0 saturated heterocycles. The molecule has 3 heteroatoms. The highest BCUT2D eigenvalue weighted by Crippen LogP contribution is 2.33. The van der Waals surface area contributed by atoms with Crippen LogP contribution in [0.3, 0.4) is 0 Å². The first-order chi connectivity index (χ1) is 6.02. The molecule has 0 aliphatic heterocycles. The van der Waals surface area contributed by atoms with Gasteiger partial charge in [0.25, 0.3) is 0 Å². The maximum Gasteiger partial charge on any atom is 0.399 e. The van der Waals surface area contributed by atoms with Gasteiger partial charge in [0.1, 0.15) is 5.92 Å². The van der Waals surface area contributed by atoms with Crippen molar-refractivity contribution in [1.29, 1.82) is 0 Å². The van der Waals surface area contributed by atoms with Crippen LogP contribution in [0.4, 0.5) is 13.2 Å². The van der Waals surface area contributed by atoms with Crippen LogP contribution in [0.25, 0.3) is 0 Å². The molecule has 0 bridgehead atoms. The molecule has 0 saturated carbocycles. The van der Waals surface area contributed by atoms with Gasteiger partial charge in [0, 0.05) is 0 Å². The van der Waals surface area contributed by atoms with E-state index < -0.39 is 12.1 Å². The van der Waals surface area contributed by atoms with E-state index in [1.807, 2.05) is 0 Å². The minimum absolute atomic E-state index is 0.0693. The third-order valence-electron chi connectivity index (χ3n) is 1.59. The van der Waals surface area contributed by atoms with Crippen molar-refractivity contribution in [2.24, 2.45) is 0 Å². The number of rotatable bonds is 5. The van der Waals surface area contributed by atoms with E-state index in [9.17, 15) is 13.2 Å². The fraction of sp³-hybridized carbons (Fsp3) is 0.500. The van der Waals surface area contributed by atoms with Crippen LogP contribution >= 0.6 is 0 Å². The van der Waals surface area contributed by atoms with Crippen molar-refractivity contribution in [3.8, 4) is 0 Å². The van der Waals surface area contributed by atoms with Gasteiger partial charge in [0.15, 0.2) is 0 Å². The summed E-state index contributed by atoms with van der Waals surface area (Å²) in [4.78, 5) is 0. The van der Waals surface area contributed by atoms with Crippen LogP contribution in [-0.2, 0) is 0 Å². The smallest absolute Gasteiger partial charge is 0.170 e. The highest BCUT2D eigenvalue weighted by atomic mass is 19.4. The molecule has 0 aromatic carbocycles. The normalized spacial score (nSPS) is 12.7. The lowest BCUT2D eigenvalue weighted by molar-refractivity contribution is -0.110. The van der Waals surface area contributed by atoms with Gasteiger partial charge in [-0.05, 0) is 26.2 Å². The largest absolute Gasteiger partial charge is 0.399 e. The second-order valence-corrected chi connectivity index (χ2v) is 2.70. The SMILES string of the molecule is C=CCCC[C](C=CC)C(F)(F)F. The Morgan fingerprint density at radius 2 is 2.00 bits per heavy atom. The van der Waals surface area contributed by atoms with Crippen LogP contribution in [0.2, 0.25) is 0 Å². The monoisotopic (exact) mass is 191 g/mol. The van der Waals surface area contributed by atoms with E-state index in [0.717, 1.165) is 6.08 Å². The second-order valence-electron chi connectivity index (χ2n) is 2.70. The topological polar surface area (TPSA) is 0 Å². The Morgan fingerprint density at radius 1 is 1.38 bits per heavy atom. The van der Waals surface area contributed by atoms with E-state index in [2.05, 4.69) is 6.58 Å². The van der Waals surface area contributed by atoms with Crippen molar-refractivity contribution in [2.45, 2.75) is 32.4 Å². The van der Waals surface area contributed by atoms with E-state index in [0.29, 0.717) is 12.8 Å². The molecule has 0 aliphatic rings. The van der Waals surface area contributed by atoms with E-state index >= 15 is 0 Å². The first-order valence-corrected chi connectivity index (χ1v) is 4.19. The molecule has 0 atom stereocenters. The van der Waals surface area contributed by atoms with Crippen LogP contribution in [-0.4, -0.2) is 6.18 Å². The zero-order chi connectivity index (χ0) is 10.3. The zero-order valence-electron chi connectivity index (χ0n) is 7.69. The lowest BCUT2D eigenvalue weighted by atomic mass is 10.0. The fourth-order valence-electron chi connectivity index (χ4n) is 0.958. The van der Waals surface area contributed by atoms with Gasteiger partial charge in [-0.1, -0.05) is 18.2 Å². The second kappa shape index (κ2) is 5.84. The van der Waals surface area contributed by atoms with Crippen LogP contribution < -0.4 is 0 Å². The summed E-state index contributed by atoms with van der Waals surface area (Å²) in [6, 6.07) is 0. The minimum Gasteiger partial charge on any atom is -0.170 e. The van der Waals surface area contributed by atoms with E-state index in [1.54, 1.807) is 13.0 Å². The quantitative estimate of drug-likeness (QED) is 0.454. The molecule has 0 N–H and O–H groups in total. The van der Waals surface area contributed by atoms with Crippen molar-refractivity contribution in [2.75, 3.05) is 0 Å². The van der Waals surface area contributed by atoms with Gasteiger partial charge in [-0.2, -0.15) is 13.2 Å². The molecule has 0 fully saturated rings. The number of hydrogen-bond donors (Lipinski definition) is 0. The maximum absolute atomic E-state index is 12.2. The zero-order valence-corrected chi connectivity index (χ0v) is 7.69. The number of halogens is 3. The van der Waals surface area contributed by atoms with Gasteiger partial charge < -0.3 is 0 Å². The summed E-state index contributed by atoms with van der Waals surface area (Å²) in [5.41, 5.74) is 0. The molecule has 0 aromatic heterocycles. The van der Waals surface area contributed by atoms with E-state index in [-0.39, 0.29) is 6.42 Å². The first kappa shape index (κ1) is 12.3. The predicted octanol–water partition coefficient (Wildman–Crippen LogP) is 4.06. The standard InChI is InChI=1S/C10H14F3/c1-3-5-6-8-9(7-4-2)10(11,12)13/h3-4,7H,1,5-6,8H2,2H3. The lowest BCUT2D eigenvalue weighted by Gasteiger charge is -2.14. The third-order valence-corrected chi connectivity index (χ3v) is 1.59. The molecule has 0 amide bonds. The molecule has 13 heavy (non-hydrogen) atoms. The van der Waals surface area contributed by atoms with Crippen LogP contribution in [0, 0.1) is 5.92 Å². The summed E-state index contributed by atoms with van der Waals surface area (Å²) in [7, 11) is 0. The highest BCUT2D eigenvalue weighted by molar-refractivity contribution is 5.14. The van der Waals surface area contributed by atoms with Gasteiger partial charge in [-0.15, -0.1) is 6.58 Å². The first-order valence-electron chi connectivity index (χ1n) is 4.19. The maximum atomic E-state index is 12.2. The van der Waals surface area contributed by atoms with Crippen molar-refractivity contribution in [3.63, 3.8) is 0 Å². The Bertz CT molecular complexity index is 167. The molecule has 0 nitrogen and oxygen atoms in total. The molecule has 1 radical (unpaired) electrons. The number of unbranched alkanes of at least 4 members (excludes halogenated alkanes) is 1. The van der Waals surface area contributed by atoms with Gasteiger partial charge >= 0.3 is 6.18 Å². The van der Waals surface area contributed by atoms with Gasteiger partial charge in [-0.3, -0.25) is 0 Å². The molecule has 0 aliphatic carbocycles. The molecular formula is C10H14F3. The summed E-state index contributed by atoms with van der Waals surface area (Å²) in [5.74, 6) is -0.461. The summed E-state index contributed by atoms with van der Waals surface area (Å²) in [6.45, 7) is 5.04. The van der Waals surface area contributed by atoms with Crippen molar-refractivity contribution in [1.82, 2.24) is 0 Å². The predicted molar refractivity (Wildman–Crippen MR) is 48.2 cm³/mol. The average molecular weight is 191 g/mol. The summed E-state index contributed by atoms with van der Waals surface area (Å²) in [6.07, 6.45) is 1.18. The Labute approximate surface area is 77.1 Å². The highest BCUT2D eigenvalue weighted by Gasteiger charge is 2.37. The summed E-state index contributed by atoms with van der Waals surface area (Å²) >= 11 is 0. The molecule has 0 rings (SSSR count). The Hall–Kier alpha value is -0.730. The number of hydrogen-bond acceptors (Lipinski definition) is 0. The summed E-state index contributed by atoms with van der Waals surface area (Å²) in [5, 5.41) is 0. The molecular weight excluding hydrogens is 177 g/mol. The lowest BCUT2D eigenvalue weighted by Crippen LogP contribution is -2.18. The van der Waals surface area contributed by atoms with Gasteiger partial charge in [0.2, 0.25) is 0 Å². The third kappa shape index (κ3) is 5.50. The van der Waals surface area contributed by atoms with Crippen molar-refractivity contribution < 1.29 is 13.2 Å². The van der Waals surface area contributed by atoms with Crippen molar-refractivity contribution in [3.05, 3.63) is 30.7 Å². The van der Waals surface area contributed by atoms with Crippen LogP contribution in [0.15, 0.2) is 24.8 Å². The van der Waals surface area contributed by atoms with E-state index in [4.69, 9.17) is 0 Å². The van der Waals surface area contributed by atoms with Gasteiger partial charge in [-0.25, -0.2) is 0 Å². The summed E-state index contributed by atoms with van der Waals surface area (Å²) < 4.78 is 36.7. The molecule has 0 unspecified atom stereocenters. The molecule has 75 valence electrons. The van der Waals surface area contributed by atoms with Crippen LogP contribution in [0.5, 0.6) is 0 Å². The Morgan fingerprint density at radius 3 is 2.38 bits per heavy atom. The van der Waals surface area contributed by atoms with Crippen molar-refractivity contribution >= 4 is 0 Å². The fourth-order valence-corrected chi connectivity index (χ4v) is 0.958. The molecule has 0 spiro atoms. The van der Waals surface area contributed by atoms with E-state index in [1.165, 1.54) is 6.08 Å². The Balaban J connectivity index is 4.03. The van der Waals surface area contributed by atoms with Gasteiger partial charge in [0.05, 0.1) is 0 Å². The number of allylic oxidation sites excluding steroid dienone is 3. The number of alkyl halides is 3. The molecule has 0 heterocycles. The minimum atomic E-state index is -4.19. The molecule has 0 aromatic rings. The van der Waals surface area contributed by atoms with Crippen LogP contribution in [0.1, 0.15) is 26.2 Å². The average Bonchev–Trinajstić information content (AvgIpc) is 2.01.